The van der Waals surface area contributed by atoms with Crippen LogP contribution < -0.4 is 9.05 Å². The number of nitrogens with zero attached hydrogens (tertiary/aromatic N) is 1. The van der Waals surface area contributed by atoms with Gasteiger partial charge in [0, 0.05) is 0 Å². The van der Waals surface area contributed by atoms with Crippen LogP contribution in [-0.4, -0.2) is 6.08 Å². The molecule has 12 heavy (non-hydrogen) atoms. The Hall–Kier alpha value is -1.37. The maximum Gasteiger partial charge on any atom is 0.449 e. The zero-order valence-electron chi connectivity index (χ0n) is 5.93. The lowest BCUT2D eigenvalue weighted by Crippen LogP contribution is -1.78. The van der Waals surface area contributed by atoms with E-state index in [0.29, 0.717) is 11.5 Å². The van der Waals surface area contributed by atoms with Gasteiger partial charge in [-0.25, -0.2) is 4.79 Å². The van der Waals surface area contributed by atoms with Crippen molar-refractivity contribution in [2.45, 2.75) is 0 Å². The van der Waals surface area contributed by atoms with Crippen molar-refractivity contribution in [1.29, 1.82) is 0 Å². The van der Waals surface area contributed by atoms with Crippen LogP contribution in [0.5, 0.6) is 11.5 Å². The standard InChI is InChI=1S/C7H4NO3P/c9-5-8-12-10-6-3-1-2-4-7(6)11-12/h1-4H. The van der Waals surface area contributed by atoms with E-state index in [0.717, 1.165) is 0 Å². The summed E-state index contributed by atoms with van der Waals surface area (Å²) >= 11 is 0. The second-order valence-electron chi connectivity index (χ2n) is 2.06. The Balaban J connectivity index is 2.27. The lowest BCUT2D eigenvalue weighted by Gasteiger charge is -1.94. The van der Waals surface area contributed by atoms with E-state index < -0.39 is 8.53 Å². The molecule has 1 heterocycles. The third kappa shape index (κ3) is 1.18. The minimum absolute atomic E-state index is 0.627. The molecule has 60 valence electrons. The molecule has 1 aliphatic rings. The van der Waals surface area contributed by atoms with Crippen molar-refractivity contribution in [3.8, 4) is 11.5 Å². The van der Waals surface area contributed by atoms with E-state index in [1.807, 2.05) is 12.1 Å². The molecular formula is C7H4NO3P. The molecule has 0 amide bonds. The second-order valence-corrected chi connectivity index (χ2v) is 3.10. The first-order valence-corrected chi connectivity index (χ1v) is 4.36. The van der Waals surface area contributed by atoms with E-state index in [9.17, 15) is 4.79 Å². The topological polar surface area (TPSA) is 47.9 Å². The number of isocyanates is 1. The summed E-state index contributed by atoms with van der Waals surface area (Å²) in [6, 6.07) is 7.17. The van der Waals surface area contributed by atoms with Crippen LogP contribution in [0, 0.1) is 0 Å². The van der Waals surface area contributed by atoms with Crippen molar-refractivity contribution in [3.63, 3.8) is 0 Å². The zero-order chi connectivity index (χ0) is 8.39. The first kappa shape index (κ1) is 7.29. The molecule has 2 rings (SSSR count). The largest absolute Gasteiger partial charge is 0.449 e. The molecular weight excluding hydrogens is 177 g/mol. The summed E-state index contributed by atoms with van der Waals surface area (Å²) in [7, 11) is -1.47. The maximum absolute atomic E-state index is 9.88. The van der Waals surface area contributed by atoms with E-state index in [-0.39, 0.29) is 0 Å². The molecule has 1 aliphatic heterocycles. The monoisotopic (exact) mass is 181 g/mol. The van der Waals surface area contributed by atoms with Crippen molar-refractivity contribution < 1.29 is 13.8 Å². The quantitative estimate of drug-likeness (QED) is 0.378. The minimum Gasteiger partial charge on any atom is -0.417 e. The average molecular weight is 181 g/mol. The molecule has 5 heteroatoms. The van der Waals surface area contributed by atoms with E-state index in [1.165, 1.54) is 6.08 Å². The van der Waals surface area contributed by atoms with E-state index in [2.05, 4.69) is 4.76 Å². The van der Waals surface area contributed by atoms with Crippen molar-refractivity contribution in [2.24, 2.45) is 4.76 Å². The molecule has 0 atom stereocenters. The highest BCUT2D eigenvalue weighted by Crippen LogP contribution is 2.52. The molecule has 0 N–H and O–H groups in total. The molecule has 0 spiro atoms. The van der Waals surface area contributed by atoms with Crippen LogP contribution >= 0.6 is 8.53 Å². The van der Waals surface area contributed by atoms with Crippen LogP contribution in [0.2, 0.25) is 0 Å². The Labute approximate surface area is 69.8 Å². The van der Waals surface area contributed by atoms with Gasteiger partial charge in [-0.15, -0.1) is 4.76 Å². The number of carbonyl (C=O) groups excluding carboxylic acids is 1. The lowest BCUT2D eigenvalue weighted by molar-refractivity contribution is 0.557. The van der Waals surface area contributed by atoms with Crippen LogP contribution in [0.25, 0.3) is 0 Å². The molecule has 0 saturated carbocycles. The summed E-state index contributed by atoms with van der Waals surface area (Å²) in [5.41, 5.74) is 0. The van der Waals surface area contributed by atoms with Crippen molar-refractivity contribution in [1.82, 2.24) is 0 Å². The van der Waals surface area contributed by atoms with Gasteiger partial charge in [-0.2, -0.15) is 0 Å². The lowest BCUT2D eigenvalue weighted by atomic mass is 10.3. The summed E-state index contributed by atoms with van der Waals surface area (Å²) in [5.74, 6) is 1.25. The molecule has 0 aliphatic carbocycles. The molecule has 0 unspecified atom stereocenters. The smallest absolute Gasteiger partial charge is 0.417 e. The molecule has 0 aromatic heterocycles. The van der Waals surface area contributed by atoms with Gasteiger partial charge in [0.2, 0.25) is 6.08 Å². The number of hydrogen-bond donors (Lipinski definition) is 0. The van der Waals surface area contributed by atoms with Crippen molar-refractivity contribution >= 4 is 14.6 Å². The van der Waals surface area contributed by atoms with Gasteiger partial charge in [0.1, 0.15) is 0 Å². The van der Waals surface area contributed by atoms with Crippen LogP contribution in [0.1, 0.15) is 0 Å². The van der Waals surface area contributed by atoms with Gasteiger partial charge >= 0.3 is 8.53 Å². The fourth-order valence-electron chi connectivity index (χ4n) is 0.862. The normalized spacial score (nSPS) is 14.0. The van der Waals surface area contributed by atoms with Gasteiger partial charge in [0.05, 0.1) is 0 Å². The number of rotatable bonds is 1. The Morgan fingerprint density at radius 3 is 2.33 bits per heavy atom. The zero-order valence-corrected chi connectivity index (χ0v) is 6.82. The highest BCUT2D eigenvalue weighted by atomic mass is 31.2. The van der Waals surface area contributed by atoms with Crippen LogP contribution in [0.15, 0.2) is 29.0 Å². The van der Waals surface area contributed by atoms with Crippen LogP contribution in [-0.2, 0) is 4.79 Å². The van der Waals surface area contributed by atoms with Gasteiger partial charge in [-0.3, -0.25) is 0 Å². The number of fused-ring (bicyclic) bond motifs is 1. The van der Waals surface area contributed by atoms with Gasteiger partial charge in [-0.05, 0) is 12.1 Å². The molecule has 4 nitrogen and oxygen atoms in total. The molecule has 1 aromatic rings. The summed E-state index contributed by atoms with van der Waals surface area (Å²) in [6.45, 7) is 0. The first-order chi connectivity index (χ1) is 5.90. The second kappa shape index (κ2) is 2.94. The van der Waals surface area contributed by atoms with Gasteiger partial charge in [0.25, 0.3) is 0 Å². The molecule has 0 radical (unpaired) electrons. The Morgan fingerprint density at radius 2 is 1.83 bits per heavy atom. The molecule has 0 saturated heterocycles. The fraction of sp³-hybridized carbons (Fsp3) is 0. The Bertz CT molecular complexity index is 323. The predicted molar refractivity (Wildman–Crippen MR) is 42.7 cm³/mol. The van der Waals surface area contributed by atoms with Gasteiger partial charge in [-0.1, -0.05) is 12.1 Å². The van der Waals surface area contributed by atoms with Crippen molar-refractivity contribution in [3.05, 3.63) is 24.3 Å². The highest BCUT2D eigenvalue weighted by molar-refractivity contribution is 7.47. The van der Waals surface area contributed by atoms with E-state index in [4.69, 9.17) is 9.05 Å². The average Bonchev–Trinajstić information content (AvgIpc) is 2.47. The molecule has 0 fully saturated rings. The van der Waals surface area contributed by atoms with E-state index in [1.54, 1.807) is 12.1 Å². The minimum atomic E-state index is -1.47. The van der Waals surface area contributed by atoms with Crippen LogP contribution in [0.4, 0.5) is 0 Å². The van der Waals surface area contributed by atoms with E-state index >= 15 is 0 Å². The Kier molecular flexibility index (Phi) is 1.78. The number of para-hydroxylation sites is 2. The first-order valence-electron chi connectivity index (χ1n) is 3.23. The number of hydrogen-bond acceptors (Lipinski definition) is 4. The summed E-state index contributed by atoms with van der Waals surface area (Å²) in [5, 5.41) is 0. The third-order valence-electron chi connectivity index (χ3n) is 1.32. The van der Waals surface area contributed by atoms with Crippen molar-refractivity contribution in [2.75, 3.05) is 0 Å². The summed E-state index contributed by atoms with van der Waals surface area (Å²) in [4.78, 5) is 9.88. The van der Waals surface area contributed by atoms with Gasteiger partial charge in [0.15, 0.2) is 11.5 Å². The highest BCUT2D eigenvalue weighted by Gasteiger charge is 2.25. The third-order valence-corrected chi connectivity index (χ3v) is 2.28. The number of benzene rings is 1. The van der Waals surface area contributed by atoms with Crippen LogP contribution in [0.3, 0.4) is 0 Å². The molecule has 1 aromatic carbocycles. The molecule has 0 bridgehead atoms. The predicted octanol–water partition coefficient (Wildman–Crippen LogP) is 2.02. The SMILES string of the molecule is O=C=NP1Oc2ccccc2O1. The fourth-order valence-corrected chi connectivity index (χ4v) is 1.69. The maximum atomic E-state index is 9.88. The summed E-state index contributed by atoms with van der Waals surface area (Å²) < 4.78 is 13.7. The summed E-state index contributed by atoms with van der Waals surface area (Å²) in [6.07, 6.45) is 1.40. The Morgan fingerprint density at radius 1 is 1.25 bits per heavy atom. The van der Waals surface area contributed by atoms with Gasteiger partial charge < -0.3 is 9.05 Å².